The fourth-order valence-corrected chi connectivity index (χ4v) is 6.14. The minimum atomic E-state index is 0. The van der Waals surface area contributed by atoms with Crippen LogP contribution in [0.15, 0.2) is 59.1 Å². The van der Waals surface area contributed by atoms with Crippen LogP contribution in [0.5, 0.6) is 0 Å². The molecule has 3 rings (SSSR count). The van der Waals surface area contributed by atoms with Gasteiger partial charge >= 0.3 is 0 Å². The lowest BCUT2D eigenvalue weighted by Crippen LogP contribution is -3.00. The monoisotopic (exact) mass is 534 g/mol. The number of nitrogens with zero attached hydrogens (tertiary/aromatic N) is 1. The van der Waals surface area contributed by atoms with Crippen LogP contribution in [0.4, 0.5) is 0 Å². The second-order valence-electron chi connectivity index (χ2n) is 9.98. The molecular formula is C29H44BrClN2. The number of halogens is 2. The first-order valence-electron chi connectivity index (χ1n) is 12.9. The normalized spacial score (nSPS) is 21.9. The molecule has 184 valence electrons. The molecule has 0 radical (unpaired) electrons. The number of benzene rings is 2. The van der Waals surface area contributed by atoms with E-state index in [0.717, 1.165) is 4.47 Å². The fraction of sp³-hybridized carbons (Fsp3) is 0.586. The Labute approximate surface area is 217 Å². The fourth-order valence-electron chi connectivity index (χ4n) is 5.88. The van der Waals surface area contributed by atoms with Gasteiger partial charge in [-0.15, -0.1) is 0 Å². The highest BCUT2D eigenvalue weighted by atomic mass is 79.9. The Hall–Kier alpha value is -0.870. The highest BCUT2D eigenvalue weighted by molar-refractivity contribution is 9.10. The van der Waals surface area contributed by atoms with Crippen molar-refractivity contribution in [3.63, 3.8) is 0 Å². The van der Waals surface area contributed by atoms with Gasteiger partial charge in [0.2, 0.25) is 0 Å². The molecule has 0 spiro atoms. The van der Waals surface area contributed by atoms with E-state index in [0.29, 0.717) is 12.0 Å². The maximum Gasteiger partial charge on any atom is 0.0786 e. The van der Waals surface area contributed by atoms with Crippen molar-refractivity contribution in [3.8, 4) is 0 Å². The van der Waals surface area contributed by atoms with E-state index in [1.165, 1.54) is 80.3 Å². The van der Waals surface area contributed by atoms with Gasteiger partial charge in [-0.05, 0) is 95.4 Å². The lowest BCUT2D eigenvalue weighted by molar-refractivity contribution is -0.923. The van der Waals surface area contributed by atoms with Gasteiger partial charge in [-0.1, -0.05) is 58.4 Å². The average molecular weight is 536 g/mol. The Bertz CT molecular complexity index is 788. The first-order valence-corrected chi connectivity index (χ1v) is 13.7. The number of hydrogen-bond acceptors (Lipinski definition) is 1. The molecule has 0 saturated heterocycles. The molecule has 1 atom stereocenters. The Morgan fingerprint density at radius 1 is 0.939 bits per heavy atom. The smallest absolute Gasteiger partial charge is 0.0786 e. The van der Waals surface area contributed by atoms with Crippen LogP contribution >= 0.6 is 15.9 Å². The van der Waals surface area contributed by atoms with Gasteiger partial charge in [0.1, 0.15) is 0 Å². The number of rotatable bonds is 11. The minimum absolute atomic E-state index is 0. The van der Waals surface area contributed by atoms with E-state index in [1.807, 2.05) is 0 Å². The van der Waals surface area contributed by atoms with Crippen LogP contribution in [0.25, 0.3) is 0 Å². The van der Waals surface area contributed by atoms with Gasteiger partial charge in [0.25, 0.3) is 0 Å². The SMILES string of the molecule is CC[N+](CC)(CC)CCCC(C)NC1(c2ccc(Br)cc2)CCC(c2ccccc2)CC1.[Cl-]. The summed E-state index contributed by atoms with van der Waals surface area (Å²) in [4.78, 5) is 0. The van der Waals surface area contributed by atoms with Gasteiger partial charge in [0.15, 0.2) is 0 Å². The molecule has 33 heavy (non-hydrogen) atoms. The molecule has 1 aliphatic rings. The van der Waals surface area contributed by atoms with E-state index in [2.05, 4.69) is 104 Å². The maximum absolute atomic E-state index is 4.16. The van der Waals surface area contributed by atoms with Crippen molar-refractivity contribution in [2.45, 2.75) is 83.7 Å². The Balaban J connectivity index is 0.00000385. The lowest BCUT2D eigenvalue weighted by atomic mass is 9.70. The second kappa shape index (κ2) is 13.3. The Morgan fingerprint density at radius 2 is 1.52 bits per heavy atom. The van der Waals surface area contributed by atoms with E-state index in [1.54, 1.807) is 0 Å². The molecule has 1 unspecified atom stereocenters. The minimum Gasteiger partial charge on any atom is -1.00 e. The van der Waals surface area contributed by atoms with Gasteiger partial charge in [0, 0.05) is 16.1 Å². The van der Waals surface area contributed by atoms with Gasteiger partial charge in [0.05, 0.1) is 26.2 Å². The summed E-state index contributed by atoms with van der Waals surface area (Å²) in [5.41, 5.74) is 3.06. The molecule has 1 fully saturated rings. The zero-order chi connectivity index (χ0) is 23.0. The first kappa shape index (κ1) is 28.4. The van der Waals surface area contributed by atoms with E-state index in [9.17, 15) is 0 Å². The molecule has 2 aromatic carbocycles. The maximum atomic E-state index is 4.16. The average Bonchev–Trinajstić information content (AvgIpc) is 2.83. The van der Waals surface area contributed by atoms with E-state index >= 15 is 0 Å². The zero-order valence-corrected chi connectivity index (χ0v) is 23.5. The summed E-state index contributed by atoms with van der Waals surface area (Å²) in [6, 6.07) is 20.7. The topological polar surface area (TPSA) is 12.0 Å². The largest absolute Gasteiger partial charge is 1.00 e. The van der Waals surface area contributed by atoms with Gasteiger partial charge < -0.3 is 22.2 Å². The molecule has 0 heterocycles. The second-order valence-corrected chi connectivity index (χ2v) is 10.9. The highest BCUT2D eigenvalue weighted by Crippen LogP contribution is 2.44. The molecule has 0 bridgehead atoms. The van der Waals surface area contributed by atoms with Gasteiger partial charge in [-0.2, -0.15) is 0 Å². The van der Waals surface area contributed by atoms with Crippen molar-refractivity contribution in [1.29, 1.82) is 0 Å². The quantitative estimate of drug-likeness (QED) is 0.413. The number of hydrogen-bond donors (Lipinski definition) is 1. The predicted molar refractivity (Wildman–Crippen MR) is 142 cm³/mol. The molecular weight excluding hydrogens is 492 g/mol. The first-order chi connectivity index (χ1) is 15.5. The third-order valence-corrected chi connectivity index (χ3v) is 8.84. The molecule has 2 aromatic rings. The summed E-state index contributed by atoms with van der Waals surface area (Å²) in [7, 11) is 0. The summed E-state index contributed by atoms with van der Waals surface area (Å²) in [6.45, 7) is 14.5. The molecule has 1 aliphatic carbocycles. The molecule has 0 aliphatic heterocycles. The summed E-state index contributed by atoms with van der Waals surface area (Å²) in [5, 5.41) is 4.16. The van der Waals surface area contributed by atoms with Crippen molar-refractivity contribution in [3.05, 3.63) is 70.2 Å². The predicted octanol–water partition coefficient (Wildman–Crippen LogP) is 4.64. The van der Waals surface area contributed by atoms with Crippen LogP contribution in [-0.2, 0) is 5.54 Å². The van der Waals surface area contributed by atoms with Crippen LogP contribution in [0.1, 0.15) is 83.3 Å². The van der Waals surface area contributed by atoms with Gasteiger partial charge in [-0.3, -0.25) is 0 Å². The van der Waals surface area contributed by atoms with E-state index < -0.39 is 0 Å². The Morgan fingerprint density at radius 3 is 2.06 bits per heavy atom. The van der Waals surface area contributed by atoms with E-state index in [4.69, 9.17) is 0 Å². The molecule has 1 saturated carbocycles. The van der Waals surface area contributed by atoms with Crippen molar-refractivity contribution in [2.24, 2.45) is 0 Å². The molecule has 0 aromatic heterocycles. The lowest BCUT2D eigenvalue weighted by Gasteiger charge is -2.44. The van der Waals surface area contributed by atoms with Crippen LogP contribution in [0.2, 0.25) is 0 Å². The third kappa shape index (κ3) is 7.31. The van der Waals surface area contributed by atoms with Crippen LogP contribution in [0, 0.1) is 0 Å². The standard InChI is InChI=1S/C29H44BrN2.ClH/c1-5-32(6-2,7-3)23-11-12-24(4)31-29(27-15-17-28(30)18-16-27)21-19-26(20-22-29)25-13-9-8-10-14-25;/h8-10,13-18,24,26,31H,5-7,11-12,19-23H2,1-4H3;1H/q+1;/p-1. The van der Waals surface area contributed by atoms with Crippen molar-refractivity contribution >= 4 is 15.9 Å². The van der Waals surface area contributed by atoms with Crippen molar-refractivity contribution in [1.82, 2.24) is 5.32 Å². The van der Waals surface area contributed by atoms with Crippen molar-refractivity contribution < 1.29 is 16.9 Å². The van der Waals surface area contributed by atoms with Crippen LogP contribution < -0.4 is 17.7 Å². The summed E-state index contributed by atoms with van der Waals surface area (Å²) in [5.74, 6) is 0.688. The van der Waals surface area contributed by atoms with Crippen LogP contribution in [-0.4, -0.2) is 36.7 Å². The van der Waals surface area contributed by atoms with Crippen molar-refractivity contribution in [2.75, 3.05) is 26.2 Å². The zero-order valence-electron chi connectivity index (χ0n) is 21.1. The summed E-state index contributed by atoms with van der Waals surface area (Å²) in [6.07, 6.45) is 7.46. The third-order valence-electron chi connectivity index (χ3n) is 8.31. The highest BCUT2D eigenvalue weighted by Gasteiger charge is 2.38. The molecule has 1 N–H and O–H groups in total. The van der Waals surface area contributed by atoms with E-state index in [-0.39, 0.29) is 17.9 Å². The van der Waals surface area contributed by atoms with Gasteiger partial charge in [-0.25, -0.2) is 0 Å². The summed E-state index contributed by atoms with van der Waals surface area (Å²) < 4.78 is 2.42. The number of quaternary nitrogens is 1. The van der Waals surface area contributed by atoms with Crippen LogP contribution in [0.3, 0.4) is 0 Å². The molecule has 2 nitrogen and oxygen atoms in total. The molecule has 0 amide bonds. The molecule has 4 heteroatoms. The number of nitrogens with one attached hydrogen (secondary N) is 1. The Kier molecular flexibility index (Phi) is 11.4. The summed E-state index contributed by atoms with van der Waals surface area (Å²) >= 11 is 3.63.